The summed E-state index contributed by atoms with van der Waals surface area (Å²) in [5.41, 5.74) is 3.02. The maximum Gasteiger partial charge on any atom is 0.240 e. The molecule has 3 N–H and O–H groups in total. The molecule has 2 unspecified atom stereocenters. The fraction of sp³-hybridized carbons (Fsp3) is 0.591. The number of nitrogens with zero attached hydrogens (tertiary/aromatic N) is 3. The van der Waals surface area contributed by atoms with Gasteiger partial charge < -0.3 is 15.7 Å². The van der Waals surface area contributed by atoms with Gasteiger partial charge in [0.1, 0.15) is 6.04 Å². The van der Waals surface area contributed by atoms with Crippen LogP contribution in [0.15, 0.2) is 30.5 Å². The molecule has 2 fully saturated rings. The number of aliphatic hydroxyl groups excluding tert-OH is 1. The van der Waals surface area contributed by atoms with Crippen LogP contribution in [0, 0.1) is 5.92 Å². The average Bonchev–Trinajstić information content (AvgIpc) is 3.41. The molecule has 2 heterocycles. The van der Waals surface area contributed by atoms with Gasteiger partial charge in [-0.1, -0.05) is 49.5 Å². The lowest BCUT2D eigenvalue weighted by Crippen LogP contribution is -2.45. The fourth-order valence-corrected chi connectivity index (χ4v) is 4.39. The van der Waals surface area contributed by atoms with E-state index in [0.29, 0.717) is 19.5 Å². The quantitative estimate of drug-likeness (QED) is 0.666. The van der Waals surface area contributed by atoms with Crippen molar-refractivity contribution in [2.45, 2.75) is 70.1 Å². The molecule has 1 saturated heterocycles. The second-order valence-electron chi connectivity index (χ2n) is 8.37. The zero-order valence-electron chi connectivity index (χ0n) is 16.9. The molecule has 0 bridgehead atoms. The van der Waals surface area contributed by atoms with E-state index in [1.807, 2.05) is 35.1 Å². The zero-order chi connectivity index (χ0) is 20.1. The van der Waals surface area contributed by atoms with Gasteiger partial charge in [0.15, 0.2) is 0 Å². The summed E-state index contributed by atoms with van der Waals surface area (Å²) in [6.07, 6.45) is 11.1. The SMILES string of the molecule is O=C(NCc1ccc(-n2cc(CCC3CCCCC3)nn2)cc1)C1NCCC1O. The summed E-state index contributed by atoms with van der Waals surface area (Å²) >= 11 is 0. The van der Waals surface area contributed by atoms with Crippen molar-refractivity contribution in [1.82, 2.24) is 25.6 Å². The third kappa shape index (κ3) is 5.22. The van der Waals surface area contributed by atoms with Gasteiger partial charge in [-0.05, 0) is 49.4 Å². The molecule has 7 heteroatoms. The normalized spacial score (nSPS) is 22.7. The molecule has 1 aromatic heterocycles. The van der Waals surface area contributed by atoms with E-state index in [4.69, 9.17) is 0 Å². The summed E-state index contributed by atoms with van der Waals surface area (Å²) in [6.45, 7) is 1.11. The largest absolute Gasteiger partial charge is 0.391 e. The standard InChI is InChI=1S/C22H31N5O2/c28-20-12-13-23-21(20)22(29)24-14-17-7-10-19(11-8-17)27-15-18(25-26-27)9-6-16-4-2-1-3-5-16/h7-8,10-11,15-16,20-21,23,28H,1-6,9,12-14H2,(H,24,29). The lowest BCUT2D eigenvalue weighted by atomic mass is 9.86. The van der Waals surface area contributed by atoms with Gasteiger partial charge in [0.2, 0.25) is 5.91 Å². The highest BCUT2D eigenvalue weighted by Crippen LogP contribution is 2.27. The number of benzene rings is 1. The first-order valence-corrected chi connectivity index (χ1v) is 10.9. The number of rotatable bonds is 7. The number of aryl methyl sites for hydroxylation is 1. The topological polar surface area (TPSA) is 92.1 Å². The average molecular weight is 398 g/mol. The van der Waals surface area contributed by atoms with Crippen LogP contribution in [0.1, 0.15) is 56.2 Å². The lowest BCUT2D eigenvalue weighted by molar-refractivity contribution is -0.124. The summed E-state index contributed by atoms with van der Waals surface area (Å²) in [7, 11) is 0. The van der Waals surface area contributed by atoms with Crippen LogP contribution in [-0.4, -0.2) is 44.7 Å². The first-order valence-electron chi connectivity index (χ1n) is 10.9. The number of amides is 1. The molecule has 2 atom stereocenters. The number of carbonyl (C=O) groups is 1. The summed E-state index contributed by atoms with van der Waals surface area (Å²) in [5, 5.41) is 24.3. The highest BCUT2D eigenvalue weighted by molar-refractivity contribution is 5.82. The Labute approximate surface area is 171 Å². The molecule has 1 aromatic carbocycles. The van der Waals surface area contributed by atoms with E-state index in [2.05, 4.69) is 20.9 Å². The van der Waals surface area contributed by atoms with Crippen LogP contribution in [0.5, 0.6) is 0 Å². The summed E-state index contributed by atoms with van der Waals surface area (Å²) in [6, 6.07) is 7.44. The van der Waals surface area contributed by atoms with E-state index in [9.17, 15) is 9.90 Å². The minimum atomic E-state index is -0.600. The van der Waals surface area contributed by atoms with Gasteiger partial charge >= 0.3 is 0 Å². The van der Waals surface area contributed by atoms with E-state index < -0.39 is 12.1 Å². The lowest BCUT2D eigenvalue weighted by Gasteiger charge is -2.20. The third-order valence-corrected chi connectivity index (χ3v) is 6.21. The fourth-order valence-electron chi connectivity index (χ4n) is 4.39. The highest BCUT2D eigenvalue weighted by Gasteiger charge is 2.30. The van der Waals surface area contributed by atoms with Crippen LogP contribution in [0.2, 0.25) is 0 Å². The first-order chi connectivity index (χ1) is 14.2. The van der Waals surface area contributed by atoms with Crippen LogP contribution in [0.4, 0.5) is 0 Å². The Morgan fingerprint density at radius 1 is 1.17 bits per heavy atom. The Bertz CT molecular complexity index is 798. The van der Waals surface area contributed by atoms with Crippen molar-refractivity contribution in [3.05, 3.63) is 41.7 Å². The van der Waals surface area contributed by atoms with Crippen molar-refractivity contribution < 1.29 is 9.90 Å². The Balaban J connectivity index is 1.27. The number of nitrogens with one attached hydrogen (secondary N) is 2. The Morgan fingerprint density at radius 3 is 2.69 bits per heavy atom. The molecule has 2 aliphatic rings. The molecular formula is C22H31N5O2. The minimum absolute atomic E-state index is 0.155. The number of aromatic nitrogens is 3. The molecule has 156 valence electrons. The van der Waals surface area contributed by atoms with Gasteiger partial charge in [0, 0.05) is 6.54 Å². The molecule has 1 saturated carbocycles. The molecule has 0 radical (unpaired) electrons. The molecule has 4 rings (SSSR count). The molecule has 1 amide bonds. The van der Waals surface area contributed by atoms with Gasteiger partial charge in [-0.15, -0.1) is 5.10 Å². The van der Waals surface area contributed by atoms with Gasteiger partial charge in [-0.2, -0.15) is 0 Å². The number of hydrogen-bond donors (Lipinski definition) is 3. The first kappa shape index (κ1) is 20.0. The second-order valence-corrected chi connectivity index (χ2v) is 8.37. The van der Waals surface area contributed by atoms with Gasteiger partial charge in [0.05, 0.1) is 23.7 Å². The van der Waals surface area contributed by atoms with E-state index in [1.165, 1.54) is 38.5 Å². The van der Waals surface area contributed by atoms with E-state index in [0.717, 1.165) is 29.3 Å². The number of aliphatic hydroxyl groups is 1. The van der Waals surface area contributed by atoms with Crippen LogP contribution >= 0.6 is 0 Å². The van der Waals surface area contributed by atoms with E-state index in [-0.39, 0.29) is 5.91 Å². The van der Waals surface area contributed by atoms with Gasteiger partial charge in [-0.25, -0.2) is 4.68 Å². The van der Waals surface area contributed by atoms with Gasteiger partial charge in [-0.3, -0.25) is 4.79 Å². The molecular weight excluding hydrogens is 366 g/mol. The van der Waals surface area contributed by atoms with Crippen LogP contribution in [-0.2, 0) is 17.8 Å². The predicted molar refractivity (Wildman–Crippen MR) is 111 cm³/mol. The molecule has 1 aliphatic heterocycles. The highest BCUT2D eigenvalue weighted by atomic mass is 16.3. The summed E-state index contributed by atoms with van der Waals surface area (Å²) in [4.78, 5) is 12.1. The Morgan fingerprint density at radius 2 is 1.97 bits per heavy atom. The smallest absolute Gasteiger partial charge is 0.240 e. The molecule has 1 aliphatic carbocycles. The predicted octanol–water partition coefficient (Wildman–Crippen LogP) is 2.12. The van der Waals surface area contributed by atoms with Crippen molar-refractivity contribution in [3.8, 4) is 5.69 Å². The van der Waals surface area contributed by atoms with E-state index in [1.54, 1.807) is 0 Å². The molecule has 2 aromatic rings. The second kappa shape index (κ2) is 9.50. The third-order valence-electron chi connectivity index (χ3n) is 6.21. The van der Waals surface area contributed by atoms with E-state index >= 15 is 0 Å². The van der Waals surface area contributed by atoms with Crippen molar-refractivity contribution in [2.75, 3.05) is 6.54 Å². The minimum Gasteiger partial charge on any atom is -0.391 e. The van der Waals surface area contributed by atoms with Crippen molar-refractivity contribution in [2.24, 2.45) is 5.92 Å². The monoisotopic (exact) mass is 397 g/mol. The van der Waals surface area contributed by atoms with Crippen LogP contribution in [0.3, 0.4) is 0 Å². The van der Waals surface area contributed by atoms with Crippen LogP contribution < -0.4 is 10.6 Å². The van der Waals surface area contributed by atoms with Crippen LogP contribution in [0.25, 0.3) is 5.69 Å². The number of hydrogen-bond acceptors (Lipinski definition) is 5. The maximum absolute atomic E-state index is 12.1. The van der Waals surface area contributed by atoms with Crippen molar-refractivity contribution >= 4 is 5.91 Å². The maximum atomic E-state index is 12.1. The molecule has 29 heavy (non-hydrogen) atoms. The Kier molecular flexibility index (Phi) is 6.56. The Hall–Kier alpha value is -2.25. The number of carbonyl (C=O) groups excluding carboxylic acids is 1. The van der Waals surface area contributed by atoms with Gasteiger partial charge in [0.25, 0.3) is 0 Å². The zero-order valence-corrected chi connectivity index (χ0v) is 16.9. The summed E-state index contributed by atoms with van der Waals surface area (Å²) in [5.74, 6) is 0.696. The summed E-state index contributed by atoms with van der Waals surface area (Å²) < 4.78 is 1.82. The molecule has 7 nitrogen and oxygen atoms in total. The van der Waals surface area contributed by atoms with Crippen molar-refractivity contribution in [1.29, 1.82) is 0 Å². The van der Waals surface area contributed by atoms with Crippen molar-refractivity contribution in [3.63, 3.8) is 0 Å². The molecule has 0 spiro atoms.